The van der Waals surface area contributed by atoms with Crippen molar-refractivity contribution in [3.63, 3.8) is 0 Å². The average Bonchev–Trinajstić information content (AvgIpc) is 3.44. The summed E-state index contributed by atoms with van der Waals surface area (Å²) in [5.41, 5.74) is 2.61. The number of hydrogen-bond acceptors (Lipinski definition) is 6. The summed E-state index contributed by atoms with van der Waals surface area (Å²) >= 11 is 0. The Morgan fingerprint density at radius 3 is 2.75 bits per heavy atom. The molecule has 146 valence electrons. The van der Waals surface area contributed by atoms with E-state index in [1.807, 2.05) is 49.1 Å². The predicted octanol–water partition coefficient (Wildman–Crippen LogP) is 3.51. The highest BCUT2D eigenvalue weighted by Crippen LogP contribution is 2.24. The van der Waals surface area contributed by atoms with E-state index in [1.54, 1.807) is 0 Å². The van der Waals surface area contributed by atoms with Gasteiger partial charge in [-0.25, -0.2) is 0 Å². The number of carbonyl (C=O) groups is 1. The molecule has 1 aliphatic heterocycles. The minimum Gasteiger partial charge on any atom is -0.361 e. The molecule has 28 heavy (non-hydrogen) atoms. The van der Waals surface area contributed by atoms with Crippen LogP contribution in [-0.4, -0.2) is 38.7 Å². The first kappa shape index (κ1) is 18.4. The number of aryl methyl sites for hydroxylation is 3. The van der Waals surface area contributed by atoms with Crippen LogP contribution in [0.2, 0.25) is 0 Å². The highest BCUT2D eigenvalue weighted by Gasteiger charge is 2.29. The number of aromatic nitrogens is 3. The van der Waals surface area contributed by atoms with E-state index in [2.05, 4.69) is 15.3 Å². The third kappa shape index (κ3) is 3.83. The van der Waals surface area contributed by atoms with Crippen molar-refractivity contribution < 1.29 is 13.8 Å². The molecule has 4 rings (SSSR count). The number of hydrogen-bond donors (Lipinski definition) is 0. The normalized spacial score (nSPS) is 16.6. The lowest BCUT2D eigenvalue weighted by atomic mass is 10.1. The molecule has 7 nitrogen and oxygen atoms in total. The first-order chi connectivity index (χ1) is 13.6. The summed E-state index contributed by atoms with van der Waals surface area (Å²) in [6.45, 7) is 4.53. The third-order valence-electron chi connectivity index (χ3n) is 5.40. The van der Waals surface area contributed by atoms with Crippen LogP contribution in [0.4, 0.5) is 0 Å². The first-order valence-electron chi connectivity index (χ1n) is 9.71. The summed E-state index contributed by atoms with van der Waals surface area (Å²) in [4.78, 5) is 19.3. The van der Waals surface area contributed by atoms with Crippen LogP contribution in [0.25, 0.3) is 11.5 Å². The summed E-state index contributed by atoms with van der Waals surface area (Å²) in [5, 5.41) is 8.04. The van der Waals surface area contributed by atoms with Crippen molar-refractivity contribution >= 4 is 5.91 Å². The number of carbonyl (C=O) groups excluding carboxylic acids is 1. The van der Waals surface area contributed by atoms with Crippen molar-refractivity contribution in [2.75, 3.05) is 6.54 Å². The molecular formula is C21H24N4O3. The fourth-order valence-electron chi connectivity index (χ4n) is 3.82. The maximum atomic E-state index is 12.8. The Hall–Kier alpha value is -2.96. The number of nitrogens with zero attached hydrogens (tertiary/aromatic N) is 4. The van der Waals surface area contributed by atoms with Gasteiger partial charge in [0.2, 0.25) is 5.91 Å². The maximum absolute atomic E-state index is 12.8. The molecule has 0 spiro atoms. The summed E-state index contributed by atoms with van der Waals surface area (Å²) < 4.78 is 10.6. The van der Waals surface area contributed by atoms with Crippen LogP contribution < -0.4 is 0 Å². The van der Waals surface area contributed by atoms with Crippen molar-refractivity contribution in [3.05, 3.63) is 53.2 Å². The summed E-state index contributed by atoms with van der Waals surface area (Å²) in [5.74, 6) is 2.08. The largest absolute Gasteiger partial charge is 0.361 e. The quantitative estimate of drug-likeness (QED) is 0.650. The van der Waals surface area contributed by atoms with Crippen LogP contribution in [0.15, 0.2) is 39.4 Å². The maximum Gasteiger partial charge on any atom is 0.257 e. The van der Waals surface area contributed by atoms with Crippen LogP contribution in [-0.2, 0) is 17.6 Å². The smallest absolute Gasteiger partial charge is 0.257 e. The molecule has 1 atom stereocenters. The van der Waals surface area contributed by atoms with Crippen LogP contribution >= 0.6 is 0 Å². The summed E-state index contributed by atoms with van der Waals surface area (Å²) in [7, 11) is 0. The van der Waals surface area contributed by atoms with E-state index in [1.165, 1.54) is 0 Å². The van der Waals surface area contributed by atoms with Gasteiger partial charge >= 0.3 is 0 Å². The van der Waals surface area contributed by atoms with Crippen molar-refractivity contribution in [2.45, 2.75) is 52.0 Å². The van der Waals surface area contributed by atoms with Crippen LogP contribution in [0.1, 0.15) is 42.1 Å². The van der Waals surface area contributed by atoms with E-state index in [4.69, 9.17) is 9.05 Å². The monoisotopic (exact) mass is 380 g/mol. The van der Waals surface area contributed by atoms with E-state index in [9.17, 15) is 4.79 Å². The molecule has 1 amide bonds. The summed E-state index contributed by atoms with van der Waals surface area (Å²) in [6, 6.07) is 9.95. The predicted molar refractivity (Wildman–Crippen MR) is 102 cm³/mol. The fourth-order valence-corrected chi connectivity index (χ4v) is 3.82. The molecule has 0 bridgehead atoms. The van der Waals surface area contributed by atoms with Gasteiger partial charge in [0.25, 0.3) is 5.89 Å². The topological polar surface area (TPSA) is 85.3 Å². The Kier molecular flexibility index (Phi) is 5.23. The molecule has 2 aromatic heterocycles. The van der Waals surface area contributed by atoms with Gasteiger partial charge in [-0.15, -0.1) is 0 Å². The lowest BCUT2D eigenvalue weighted by Crippen LogP contribution is -2.37. The Morgan fingerprint density at radius 2 is 2.00 bits per heavy atom. The average molecular weight is 380 g/mol. The lowest BCUT2D eigenvalue weighted by Gasteiger charge is -2.24. The Balaban J connectivity index is 1.37. The zero-order chi connectivity index (χ0) is 19.5. The van der Waals surface area contributed by atoms with Crippen molar-refractivity contribution in [2.24, 2.45) is 0 Å². The lowest BCUT2D eigenvalue weighted by molar-refractivity contribution is -0.131. The molecular weight excluding hydrogens is 356 g/mol. The van der Waals surface area contributed by atoms with Crippen LogP contribution in [0.5, 0.6) is 0 Å². The van der Waals surface area contributed by atoms with Gasteiger partial charge in [0.05, 0.1) is 12.1 Å². The molecule has 0 aliphatic carbocycles. The van der Waals surface area contributed by atoms with E-state index < -0.39 is 0 Å². The molecule has 1 unspecified atom stereocenters. The second kappa shape index (κ2) is 7.96. The fraction of sp³-hybridized carbons (Fsp3) is 0.429. The molecule has 3 heterocycles. The SMILES string of the molecule is Cc1noc(C)c1CC(=O)N1CCCC1CCc1noc(-c2ccccc2)n1. The molecule has 7 heteroatoms. The number of amides is 1. The van der Waals surface area contributed by atoms with Gasteiger partial charge in [0, 0.05) is 30.1 Å². The zero-order valence-electron chi connectivity index (χ0n) is 16.2. The Morgan fingerprint density at radius 1 is 1.18 bits per heavy atom. The van der Waals surface area contributed by atoms with Crippen molar-refractivity contribution in [1.82, 2.24) is 20.2 Å². The molecule has 3 aromatic rings. The van der Waals surface area contributed by atoms with Gasteiger partial charge in [-0.2, -0.15) is 4.98 Å². The molecule has 0 N–H and O–H groups in total. The van der Waals surface area contributed by atoms with Gasteiger partial charge in [-0.1, -0.05) is 28.5 Å². The number of benzene rings is 1. The second-order valence-electron chi connectivity index (χ2n) is 7.28. The molecule has 1 saturated heterocycles. The summed E-state index contributed by atoms with van der Waals surface area (Å²) in [6.07, 6.45) is 3.91. The van der Waals surface area contributed by atoms with Crippen LogP contribution in [0.3, 0.4) is 0 Å². The minimum absolute atomic E-state index is 0.134. The minimum atomic E-state index is 0.134. The molecule has 0 radical (unpaired) electrons. The second-order valence-corrected chi connectivity index (χ2v) is 7.28. The van der Waals surface area contributed by atoms with Crippen molar-refractivity contribution in [3.8, 4) is 11.5 Å². The molecule has 1 fully saturated rings. The van der Waals surface area contributed by atoms with Gasteiger partial charge < -0.3 is 13.9 Å². The highest BCUT2D eigenvalue weighted by molar-refractivity contribution is 5.79. The van der Waals surface area contributed by atoms with Crippen molar-refractivity contribution in [1.29, 1.82) is 0 Å². The van der Waals surface area contributed by atoms with Gasteiger partial charge in [-0.05, 0) is 45.2 Å². The van der Waals surface area contributed by atoms with E-state index >= 15 is 0 Å². The highest BCUT2D eigenvalue weighted by atomic mass is 16.5. The van der Waals surface area contributed by atoms with E-state index in [0.717, 1.165) is 48.4 Å². The molecule has 1 aliphatic rings. The van der Waals surface area contributed by atoms with Gasteiger partial charge in [-0.3, -0.25) is 4.79 Å². The Labute approximate surface area is 163 Å². The third-order valence-corrected chi connectivity index (χ3v) is 5.40. The van der Waals surface area contributed by atoms with Gasteiger partial charge in [0.15, 0.2) is 5.82 Å². The molecule has 1 aromatic carbocycles. The number of likely N-dealkylation sites (tertiary alicyclic amines) is 1. The van der Waals surface area contributed by atoms with Gasteiger partial charge in [0.1, 0.15) is 5.76 Å². The van der Waals surface area contributed by atoms with E-state index in [0.29, 0.717) is 24.6 Å². The standard InChI is InChI=1S/C21H24N4O3/c1-14-18(15(2)27-23-14)13-20(26)25-12-6-9-17(25)10-11-19-22-21(28-24-19)16-7-4-3-5-8-16/h3-5,7-8,17H,6,9-13H2,1-2H3. The zero-order valence-corrected chi connectivity index (χ0v) is 16.2. The number of rotatable bonds is 6. The first-order valence-corrected chi connectivity index (χ1v) is 9.71. The van der Waals surface area contributed by atoms with E-state index in [-0.39, 0.29) is 11.9 Å². The Bertz CT molecular complexity index is 928. The molecule has 0 saturated carbocycles. The van der Waals surface area contributed by atoms with Crippen LogP contribution in [0, 0.1) is 13.8 Å².